The average molecular weight is 283 g/mol. The fourth-order valence-electron chi connectivity index (χ4n) is 1.69. The summed E-state index contributed by atoms with van der Waals surface area (Å²) in [6.07, 6.45) is 2.77. The summed E-state index contributed by atoms with van der Waals surface area (Å²) in [6, 6.07) is 0.579. The first-order chi connectivity index (χ1) is 9.52. The summed E-state index contributed by atoms with van der Waals surface area (Å²) in [5.74, 6) is 0.121. The van der Waals surface area contributed by atoms with Gasteiger partial charge in [-0.05, 0) is 12.8 Å². The third kappa shape index (κ3) is 2.96. The van der Waals surface area contributed by atoms with E-state index in [1.54, 1.807) is 12.4 Å². The topological polar surface area (TPSA) is 55.6 Å². The Hall–Kier alpha value is -1.96. The molecule has 1 aliphatic carbocycles. The first-order valence-electron chi connectivity index (χ1n) is 6.19. The van der Waals surface area contributed by atoms with Crippen LogP contribution >= 0.6 is 0 Å². The normalized spacial score (nSPS) is 15.6. The molecule has 0 saturated heterocycles. The fraction of sp³-hybridized carbons (Fsp3) is 0.417. The summed E-state index contributed by atoms with van der Waals surface area (Å²) in [5, 5.41) is 6.93. The van der Waals surface area contributed by atoms with Crippen molar-refractivity contribution in [3.05, 3.63) is 35.9 Å². The van der Waals surface area contributed by atoms with Gasteiger partial charge in [-0.2, -0.15) is 18.3 Å². The molecule has 0 amide bonds. The molecule has 5 nitrogen and oxygen atoms in total. The molecule has 1 fully saturated rings. The first kappa shape index (κ1) is 13.0. The average Bonchev–Trinajstić information content (AvgIpc) is 3.09. The van der Waals surface area contributed by atoms with Crippen LogP contribution in [0.5, 0.6) is 0 Å². The van der Waals surface area contributed by atoms with Gasteiger partial charge in [0.2, 0.25) is 5.95 Å². The molecule has 2 aromatic rings. The van der Waals surface area contributed by atoms with Gasteiger partial charge < -0.3 is 5.32 Å². The third-order valence-electron chi connectivity index (χ3n) is 2.98. The van der Waals surface area contributed by atoms with Crippen LogP contribution in [0, 0.1) is 0 Å². The van der Waals surface area contributed by atoms with Gasteiger partial charge in [-0.15, -0.1) is 0 Å². The second-order valence-corrected chi connectivity index (χ2v) is 4.72. The molecule has 1 aliphatic rings. The van der Waals surface area contributed by atoms with Crippen LogP contribution in [0.25, 0.3) is 5.95 Å². The van der Waals surface area contributed by atoms with Crippen LogP contribution in [-0.4, -0.2) is 25.8 Å². The Morgan fingerprint density at radius 2 is 1.90 bits per heavy atom. The van der Waals surface area contributed by atoms with Crippen LogP contribution in [0.4, 0.5) is 13.2 Å². The van der Waals surface area contributed by atoms with Crippen LogP contribution in [0.3, 0.4) is 0 Å². The van der Waals surface area contributed by atoms with Crippen molar-refractivity contribution in [1.82, 2.24) is 25.1 Å². The summed E-state index contributed by atoms with van der Waals surface area (Å²) in [6.45, 7) is 0.665. The molecule has 0 bridgehead atoms. The maximum atomic E-state index is 12.5. The lowest BCUT2D eigenvalue weighted by molar-refractivity contribution is -0.137. The molecule has 2 aromatic heterocycles. The molecular weight excluding hydrogens is 271 g/mol. The molecule has 0 radical (unpaired) electrons. The number of hydrogen-bond acceptors (Lipinski definition) is 4. The quantitative estimate of drug-likeness (QED) is 0.931. The van der Waals surface area contributed by atoms with Crippen molar-refractivity contribution in [1.29, 1.82) is 0 Å². The standard InChI is InChI=1S/C12H12F3N5/c13-12(14,15)9-6-19-20(7-9)11-17-4-8(5-18-11)3-16-10-1-2-10/h4-7,10,16H,1-3H2. The van der Waals surface area contributed by atoms with E-state index in [4.69, 9.17) is 0 Å². The minimum absolute atomic E-state index is 0.121. The highest BCUT2D eigenvalue weighted by Crippen LogP contribution is 2.28. The minimum atomic E-state index is -4.41. The van der Waals surface area contributed by atoms with Crippen molar-refractivity contribution in [2.24, 2.45) is 0 Å². The maximum Gasteiger partial charge on any atom is 0.419 e. The van der Waals surface area contributed by atoms with E-state index in [9.17, 15) is 13.2 Å². The predicted octanol–water partition coefficient (Wildman–Crippen LogP) is 1.93. The van der Waals surface area contributed by atoms with E-state index in [-0.39, 0.29) is 5.95 Å². The Morgan fingerprint density at radius 1 is 1.20 bits per heavy atom. The predicted molar refractivity (Wildman–Crippen MR) is 64.0 cm³/mol. The summed E-state index contributed by atoms with van der Waals surface area (Å²) in [7, 11) is 0. The van der Waals surface area contributed by atoms with Crippen molar-refractivity contribution < 1.29 is 13.2 Å². The first-order valence-corrected chi connectivity index (χ1v) is 6.19. The number of alkyl halides is 3. The van der Waals surface area contributed by atoms with E-state index in [2.05, 4.69) is 20.4 Å². The van der Waals surface area contributed by atoms with Gasteiger partial charge in [0.25, 0.3) is 0 Å². The smallest absolute Gasteiger partial charge is 0.310 e. The van der Waals surface area contributed by atoms with E-state index in [1.807, 2.05) is 0 Å². The van der Waals surface area contributed by atoms with Crippen molar-refractivity contribution >= 4 is 0 Å². The monoisotopic (exact) mass is 283 g/mol. The molecule has 1 saturated carbocycles. The fourth-order valence-corrected chi connectivity index (χ4v) is 1.69. The zero-order chi connectivity index (χ0) is 14.2. The van der Waals surface area contributed by atoms with Crippen LogP contribution in [-0.2, 0) is 12.7 Å². The van der Waals surface area contributed by atoms with Crippen LogP contribution < -0.4 is 5.32 Å². The molecule has 0 unspecified atom stereocenters. The lowest BCUT2D eigenvalue weighted by atomic mass is 10.3. The van der Waals surface area contributed by atoms with Crippen molar-refractivity contribution in [3.8, 4) is 5.95 Å². The lowest BCUT2D eigenvalue weighted by Crippen LogP contribution is -2.16. The Kier molecular flexibility index (Phi) is 3.17. The summed E-state index contributed by atoms with van der Waals surface area (Å²) < 4.78 is 38.4. The van der Waals surface area contributed by atoms with Gasteiger partial charge in [-0.1, -0.05) is 0 Å². The third-order valence-corrected chi connectivity index (χ3v) is 2.98. The van der Waals surface area contributed by atoms with E-state index < -0.39 is 11.7 Å². The van der Waals surface area contributed by atoms with Gasteiger partial charge >= 0.3 is 6.18 Å². The maximum absolute atomic E-state index is 12.5. The molecule has 0 atom stereocenters. The van der Waals surface area contributed by atoms with Crippen LogP contribution in [0.2, 0.25) is 0 Å². The molecule has 20 heavy (non-hydrogen) atoms. The van der Waals surface area contributed by atoms with Crippen molar-refractivity contribution in [2.45, 2.75) is 31.6 Å². The van der Waals surface area contributed by atoms with Gasteiger partial charge in [0, 0.05) is 36.7 Å². The number of nitrogens with one attached hydrogen (secondary N) is 1. The van der Waals surface area contributed by atoms with Gasteiger partial charge in [-0.3, -0.25) is 0 Å². The van der Waals surface area contributed by atoms with Gasteiger partial charge in [0.15, 0.2) is 0 Å². The SMILES string of the molecule is FC(F)(F)c1cnn(-c2ncc(CNC3CC3)cn2)c1. The Balaban J connectivity index is 1.71. The Bertz CT molecular complexity index is 586. The zero-order valence-corrected chi connectivity index (χ0v) is 10.4. The van der Waals surface area contributed by atoms with E-state index in [0.29, 0.717) is 12.6 Å². The summed E-state index contributed by atoms with van der Waals surface area (Å²) >= 11 is 0. The van der Waals surface area contributed by atoms with E-state index in [0.717, 1.165) is 22.6 Å². The highest BCUT2D eigenvalue weighted by molar-refractivity contribution is 5.18. The largest absolute Gasteiger partial charge is 0.419 e. The molecule has 0 spiro atoms. The van der Waals surface area contributed by atoms with Crippen LogP contribution in [0.1, 0.15) is 24.0 Å². The molecular formula is C12H12F3N5. The molecule has 3 rings (SSSR count). The molecule has 106 valence electrons. The zero-order valence-electron chi connectivity index (χ0n) is 10.4. The second kappa shape index (κ2) is 4.86. The van der Waals surface area contributed by atoms with Gasteiger partial charge in [0.1, 0.15) is 0 Å². The number of hydrogen-bond donors (Lipinski definition) is 1. The minimum Gasteiger partial charge on any atom is -0.310 e. The van der Waals surface area contributed by atoms with Crippen LogP contribution in [0.15, 0.2) is 24.8 Å². The number of rotatable bonds is 4. The number of halogens is 3. The molecule has 1 N–H and O–H groups in total. The van der Waals surface area contributed by atoms with E-state index >= 15 is 0 Å². The van der Waals surface area contributed by atoms with Crippen molar-refractivity contribution in [3.63, 3.8) is 0 Å². The number of nitrogens with zero attached hydrogens (tertiary/aromatic N) is 4. The second-order valence-electron chi connectivity index (χ2n) is 4.72. The van der Waals surface area contributed by atoms with Gasteiger partial charge in [-0.25, -0.2) is 14.6 Å². The molecule has 8 heteroatoms. The van der Waals surface area contributed by atoms with Crippen molar-refractivity contribution in [2.75, 3.05) is 0 Å². The molecule has 0 aromatic carbocycles. The Labute approximate surface area is 112 Å². The van der Waals surface area contributed by atoms with Gasteiger partial charge in [0.05, 0.1) is 11.8 Å². The Morgan fingerprint density at radius 3 is 2.45 bits per heavy atom. The van der Waals surface area contributed by atoms with E-state index in [1.165, 1.54) is 12.8 Å². The highest BCUT2D eigenvalue weighted by atomic mass is 19.4. The summed E-state index contributed by atoms with van der Waals surface area (Å²) in [4.78, 5) is 8.05. The highest BCUT2D eigenvalue weighted by Gasteiger charge is 2.32. The number of aromatic nitrogens is 4. The molecule has 2 heterocycles. The molecule has 0 aliphatic heterocycles. The summed E-state index contributed by atoms with van der Waals surface area (Å²) in [5.41, 5.74) is 0.0735. The lowest BCUT2D eigenvalue weighted by Gasteiger charge is -2.04.